The lowest BCUT2D eigenvalue weighted by Gasteiger charge is -2.27. The van der Waals surface area contributed by atoms with E-state index in [-0.39, 0.29) is 0 Å². The van der Waals surface area contributed by atoms with Gasteiger partial charge in [0.15, 0.2) is 6.39 Å². The van der Waals surface area contributed by atoms with Crippen LogP contribution in [0.25, 0.3) is 11.4 Å². The summed E-state index contributed by atoms with van der Waals surface area (Å²) in [6, 6.07) is 8.13. The molecule has 0 amide bonds. The molecule has 2 aromatic heterocycles. The van der Waals surface area contributed by atoms with E-state index >= 15 is 0 Å². The van der Waals surface area contributed by atoms with Crippen LogP contribution in [-0.4, -0.2) is 26.2 Å². The molecule has 134 valence electrons. The molecule has 5 rings (SSSR count). The Morgan fingerprint density at radius 3 is 2.77 bits per heavy atom. The van der Waals surface area contributed by atoms with Gasteiger partial charge in [-0.1, -0.05) is 23.7 Å². The van der Waals surface area contributed by atoms with Crippen molar-refractivity contribution in [2.45, 2.75) is 38.9 Å². The third-order valence-electron chi connectivity index (χ3n) is 5.34. The maximum absolute atomic E-state index is 6.01. The molecule has 0 spiro atoms. The van der Waals surface area contributed by atoms with Crippen LogP contribution in [-0.2, 0) is 26.1 Å². The first-order valence-corrected chi connectivity index (χ1v) is 9.58. The smallest absolute Gasteiger partial charge is 0.181 e. The lowest BCUT2D eigenvalue weighted by molar-refractivity contribution is 0.242. The van der Waals surface area contributed by atoms with Gasteiger partial charge in [-0.2, -0.15) is 5.10 Å². The average molecular weight is 369 g/mol. The van der Waals surface area contributed by atoms with Gasteiger partial charge in [-0.25, -0.2) is 4.98 Å². The zero-order valence-electron chi connectivity index (χ0n) is 14.6. The van der Waals surface area contributed by atoms with Crippen LogP contribution < -0.4 is 0 Å². The minimum atomic E-state index is 0.782. The van der Waals surface area contributed by atoms with Gasteiger partial charge < -0.3 is 4.42 Å². The van der Waals surface area contributed by atoms with Gasteiger partial charge in [-0.3, -0.25) is 9.58 Å². The largest absolute Gasteiger partial charge is 0.451 e. The minimum absolute atomic E-state index is 0.782. The van der Waals surface area contributed by atoms with Gasteiger partial charge in [-0.15, -0.1) is 0 Å². The standard InChI is InChI=1S/C20H21ClN4O/c21-16-5-3-14(4-6-16)9-24-8-7-19-17(11-24)20(18-12-26-13-22-18)23-25(19)10-15-1-2-15/h3-6,12-13,15H,1-2,7-11H2. The highest BCUT2D eigenvalue weighted by atomic mass is 35.5. The summed E-state index contributed by atoms with van der Waals surface area (Å²) in [5, 5.41) is 5.70. The number of oxazole rings is 1. The molecule has 1 fully saturated rings. The van der Waals surface area contributed by atoms with Crippen molar-refractivity contribution in [1.29, 1.82) is 0 Å². The zero-order chi connectivity index (χ0) is 17.5. The van der Waals surface area contributed by atoms with Crippen LogP contribution in [0.3, 0.4) is 0 Å². The molecule has 1 aliphatic carbocycles. The summed E-state index contributed by atoms with van der Waals surface area (Å²) in [6.45, 7) is 3.90. The Hall–Kier alpha value is -2.11. The Morgan fingerprint density at radius 1 is 1.19 bits per heavy atom. The van der Waals surface area contributed by atoms with Crippen LogP contribution in [0.1, 0.15) is 29.7 Å². The summed E-state index contributed by atoms with van der Waals surface area (Å²) in [4.78, 5) is 6.82. The van der Waals surface area contributed by atoms with E-state index < -0.39 is 0 Å². The van der Waals surface area contributed by atoms with Gasteiger partial charge in [0.05, 0.1) is 0 Å². The number of nitrogens with zero attached hydrogens (tertiary/aromatic N) is 4. The first-order valence-electron chi connectivity index (χ1n) is 9.20. The minimum Gasteiger partial charge on any atom is -0.451 e. The van der Waals surface area contributed by atoms with Crippen molar-refractivity contribution in [3.63, 3.8) is 0 Å². The van der Waals surface area contributed by atoms with Gasteiger partial charge in [0.25, 0.3) is 0 Å². The highest BCUT2D eigenvalue weighted by molar-refractivity contribution is 6.30. The van der Waals surface area contributed by atoms with Crippen molar-refractivity contribution in [3.8, 4) is 11.4 Å². The quantitative estimate of drug-likeness (QED) is 0.678. The van der Waals surface area contributed by atoms with Gasteiger partial charge in [0, 0.05) is 48.9 Å². The SMILES string of the molecule is Clc1ccc(CN2CCc3c(c(-c4cocn4)nn3CC3CC3)C2)cc1. The van der Waals surface area contributed by atoms with Gasteiger partial charge in [-0.05, 0) is 36.5 Å². The summed E-state index contributed by atoms with van der Waals surface area (Å²) in [5.74, 6) is 0.802. The predicted octanol–water partition coefficient (Wildman–Crippen LogP) is 4.16. The van der Waals surface area contributed by atoms with E-state index in [2.05, 4.69) is 26.7 Å². The monoisotopic (exact) mass is 368 g/mol. The van der Waals surface area contributed by atoms with Crippen LogP contribution in [0, 0.1) is 5.92 Å². The molecule has 0 bridgehead atoms. The number of hydrogen-bond donors (Lipinski definition) is 0. The van der Waals surface area contributed by atoms with Crippen molar-refractivity contribution in [3.05, 3.63) is 58.8 Å². The molecule has 0 N–H and O–H groups in total. The molecular formula is C20H21ClN4O. The fourth-order valence-corrected chi connectivity index (χ4v) is 3.89. The first kappa shape index (κ1) is 16.1. The first-order chi connectivity index (χ1) is 12.8. The van der Waals surface area contributed by atoms with Gasteiger partial charge in [0.1, 0.15) is 17.7 Å². The molecule has 0 unspecified atom stereocenters. The van der Waals surface area contributed by atoms with Crippen LogP contribution >= 0.6 is 11.6 Å². The van der Waals surface area contributed by atoms with E-state index in [1.165, 1.54) is 36.1 Å². The number of aromatic nitrogens is 3. The van der Waals surface area contributed by atoms with Crippen molar-refractivity contribution in [2.24, 2.45) is 5.92 Å². The fourth-order valence-electron chi connectivity index (χ4n) is 3.76. The van der Waals surface area contributed by atoms with Gasteiger partial charge in [0.2, 0.25) is 0 Å². The normalized spacial score (nSPS) is 17.4. The summed E-state index contributed by atoms with van der Waals surface area (Å²) < 4.78 is 7.44. The molecule has 1 saturated carbocycles. The Labute approximate surface area is 157 Å². The molecule has 5 nitrogen and oxygen atoms in total. The summed E-state index contributed by atoms with van der Waals surface area (Å²) >= 11 is 6.01. The average Bonchev–Trinajstić information content (AvgIpc) is 3.16. The third kappa shape index (κ3) is 3.17. The highest BCUT2D eigenvalue weighted by Gasteiger charge is 2.29. The Balaban J connectivity index is 1.43. The number of halogens is 1. The van der Waals surface area contributed by atoms with Crippen molar-refractivity contribution in [1.82, 2.24) is 19.7 Å². The molecule has 2 aliphatic rings. The molecule has 26 heavy (non-hydrogen) atoms. The molecule has 3 heterocycles. The molecule has 6 heteroatoms. The van der Waals surface area contributed by atoms with E-state index in [1.54, 1.807) is 6.26 Å². The summed E-state index contributed by atoms with van der Waals surface area (Å²) in [6.07, 6.45) is 6.87. The number of hydrogen-bond acceptors (Lipinski definition) is 4. The zero-order valence-corrected chi connectivity index (χ0v) is 15.3. The van der Waals surface area contributed by atoms with Crippen molar-refractivity contribution in [2.75, 3.05) is 6.54 Å². The predicted molar refractivity (Wildman–Crippen MR) is 99.7 cm³/mol. The van der Waals surface area contributed by atoms with Crippen molar-refractivity contribution >= 4 is 11.6 Å². The maximum atomic E-state index is 6.01. The molecule has 1 aliphatic heterocycles. The Bertz CT molecular complexity index is 897. The van der Waals surface area contributed by atoms with E-state index in [9.17, 15) is 0 Å². The second-order valence-corrected chi connectivity index (χ2v) is 7.80. The molecule has 0 atom stereocenters. The van der Waals surface area contributed by atoms with E-state index in [0.717, 1.165) is 54.9 Å². The topological polar surface area (TPSA) is 47.1 Å². The lowest BCUT2D eigenvalue weighted by Crippen LogP contribution is -2.31. The molecule has 1 aromatic carbocycles. The van der Waals surface area contributed by atoms with Gasteiger partial charge >= 0.3 is 0 Å². The number of fused-ring (bicyclic) bond motifs is 1. The Kier molecular flexibility index (Phi) is 4.06. The molecular weight excluding hydrogens is 348 g/mol. The third-order valence-corrected chi connectivity index (χ3v) is 5.59. The second-order valence-electron chi connectivity index (χ2n) is 7.36. The summed E-state index contributed by atoms with van der Waals surface area (Å²) in [5.41, 5.74) is 5.78. The van der Waals surface area contributed by atoms with Crippen molar-refractivity contribution < 1.29 is 4.42 Å². The maximum Gasteiger partial charge on any atom is 0.181 e. The summed E-state index contributed by atoms with van der Waals surface area (Å²) in [7, 11) is 0. The lowest BCUT2D eigenvalue weighted by atomic mass is 10.0. The number of benzene rings is 1. The molecule has 0 saturated heterocycles. The molecule has 0 radical (unpaired) electrons. The van der Waals surface area contributed by atoms with E-state index in [1.807, 2.05) is 12.1 Å². The second kappa shape index (κ2) is 6.56. The van der Waals surface area contributed by atoms with Crippen LogP contribution in [0.5, 0.6) is 0 Å². The van der Waals surface area contributed by atoms with Crippen LogP contribution in [0.4, 0.5) is 0 Å². The van der Waals surface area contributed by atoms with E-state index in [0.29, 0.717) is 0 Å². The van der Waals surface area contributed by atoms with E-state index in [4.69, 9.17) is 21.1 Å². The Morgan fingerprint density at radius 2 is 2.04 bits per heavy atom. The number of rotatable bonds is 5. The fraction of sp³-hybridized carbons (Fsp3) is 0.400. The molecule has 3 aromatic rings. The highest BCUT2D eigenvalue weighted by Crippen LogP contribution is 2.35. The van der Waals surface area contributed by atoms with Crippen LogP contribution in [0.2, 0.25) is 5.02 Å². The van der Waals surface area contributed by atoms with Crippen LogP contribution in [0.15, 0.2) is 41.3 Å².